The van der Waals surface area contributed by atoms with Crippen LogP contribution in [0.1, 0.15) is 36.2 Å². The standard InChI is InChI=1S/C13H18N2OS/c1-5-14-8(2)12-9(3)15-13(17-12)11-6-7-16-10(11)4/h6-8,14H,5H2,1-4H3. The number of nitrogens with one attached hydrogen (secondary N) is 1. The lowest BCUT2D eigenvalue weighted by atomic mass is 10.2. The van der Waals surface area contributed by atoms with Crippen molar-refractivity contribution < 1.29 is 4.42 Å². The van der Waals surface area contributed by atoms with Gasteiger partial charge in [-0.2, -0.15) is 0 Å². The third kappa shape index (κ3) is 2.42. The van der Waals surface area contributed by atoms with E-state index in [1.807, 2.05) is 13.0 Å². The predicted molar refractivity (Wildman–Crippen MR) is 71.4 cm³/mol. The second kappa shape index (κ2) is 5.02. The summed E-state index contributed by atoms with van der Waals surface area (Å²) in [7, 11) is 0. The van der Waals surface area contributed by atoms with Crippen LogP contribution in [0.4, 0.5) is 0 Å². The maximum Gasteiger partial charge on any atom is 0.127 e. The lowest BCUT2D eigenvalue weighted by molar-refractivity contribution is 0.535. The molecule has 0 aliphatic rings. The molecule has 0 aliphatic carbocycles. The summed E-state index contributed by atoms with van der Waals surface area (Å²) in [5, 5.41) is 4.47. The smallest absolute Gasteiger partial charge is 0.127 e. The average molecular weight is 250 g/mol. The fourth-order valence-electron chi connectivity index (χ4n) is 1.93. The molecule has 1 atom stereocenters. The Kier molecular flexibility index (Phi) is 3.64. The lowest BCUT2D eigenvalue weighted by Gasteiger charge is -2.09. The molecular weight excluding hydrogens is 232 g/mol. The Balaban J connectivity index is 2.34. The normalized spacial score (nSPS) is 12.9. The van der Waals surface area contributed by atoms with Gasteiger partial charge in [-0.3, -0.25) is 0 Å². The van der Waals surface area contributed by atoms with Crippen molar-refractivity contribution in [2.75, 3.05) is 6.54 Å². The highest BCUT2D eigenvalue weighted by atomic mass is 32.1. The predicted octanol–water partition coefficient (Wildman–Crippen LogP) is 3.69. The van der Waals surface area contributed by atoms with Crippen molar-refractivity contribution in [3.05, 3.63) is 28.7 Å². The molecule has 0 amide bonds. The highest BCUT2D eigenvalue weighted by Gasteiger charge is 2.16. The lowest BCUT2D eigenvalue weighted by Crippen LogP contribution is -2.17. The molecule has 0 spiro atoms. The van der Waals surface area contributed by atoms with E-state index in [4.69, 9.17) is 4.42 Å². The summed E-state index contributed by atoms with van der Waals surface area (Å²) in [6.45, 7) is 9.31. The van der Waals surface area contributed by atoms with Crippen molar-refractivity contribution >= 4 is 11.3 Å². The van der Waals surface area contributed by atoms with Crippen LogP contribution >= 0.6 is 11.3 Å². The van der Waals surface area contributed by atoms with Gasteiger partial charge in [0.1, 0.15) is 10.8 Å². The Bertz CT molecular complexity index is 501. The molecule has 17 heavy (non-hydrogen) atoms. The van der Waals surface area contributed by atoms with Gasteiger partial charge in [0.15, 0.2) is 0 Å². The number of rotatable bonds is 4. The molecule has 3 nitrogen and oxygen atoms in total. The van der Waals surface area contributed by atoms with Crippen molar-refractivity contribution in [2.45, 2.75) is 33.7 Å². The van der Waals surface area contributed by atoms with Crippen LogP contribution in [0.25, 0.3) is 10.6 Å². The summed E-state index contributed by atoms with van der Waals surface area (Å²) in [4.78, 5) is 5.94. The van der Waals surface area contributed by atoms with Gasteiger partial charge in [-0.15, -0.1) is 11.3 Å². The van der Waals surface area contributed by atoms with Crippen LogP contribution in [0, 0.1) is 13.8 Å². The van der Waals surface area contributed by atoms with Gasteiger partial charge < -0.3 is 9.73 Å². The van der Waals surface area contributed by atoms with Gasteiger partial charge >= 0.3 is 0 Å². The van der Waals surface area contributed by atoms with E-state index in [0.717, 1.165) is 28.6 Å². The average Bonchev–Trinajstić information content (AvgIpc) is 2.84. The molecule has 0 saturated heterocycles. The summed E-state index contributed by atoms with van der Waals surface area (Å²) in [5.74, 6) is 0.932. The molecular formula is C13H18N2OS. The third-order valence-electron chi connectivity index (χ3n) is 2.83. The zero-order valence-electron chi connectivity index (χ0n) is 10.7. The van der Waals surface area contributed by atoms with Crippen LogP contribution in [0.5, 0.6) is 0 Å². The van der Waals surface area contributed by atoms with Crippen LogP contribution in [-0.2, 0) is 0 Å². The van der Waals surface area contributed by atoms with Gasteiger partial charge in [-0.25, -0.2) is 4.98 Å². The van der Waals surface area contributed by atoms with E-state index < -0.39 is 0 Å². The van der Waals surface area contributed by atoms with Crippen molar-refractivity contribution in [2.24, 2.45) is 0 Å². The Morgan fingerprint density at radius 3 is 2.82 bits per heavy atom. The fourth-order valence-corrected chi connectivity index (χ4v) is 3.10. The van der Waals surface area contributed by atoms with E-state index in [2.05, 4.69) is 31.1 Å². The molecule has 0 aromatic carbocycles. The summed E-state index contributed by atoms with van der Waals surface area (Å²) in [6, 6.07) is 2.34. The Labute approximate surface area is 106 Å². The molecule has 0 saturated carbocycles. The number of nitrogens with zero attached hydrogens (tertiary/aromatic N) is 1. The highest BCUT2D eigenvalue weighted by molar-refractivity contribution is 7.15. The minimum absolute atomic E-state index is 0.360. The first-order chi connectivity index (χ1) is 8.13. The second-order valence-electron chi connectivity index (χ2n) is 4.14. The molecule has 1 N–H and O–H groups in total. The van der Waals surface area contributed by atoms with E-state index in [-0.39, 0.29) is 0 Å². The van der Waals surface area contributed by atoms with Gasteiger partial charge in [0, 0.05) is 10.9 Å². The van der Waals surface area contributed by atoms with Crippen LogP contribution in [0.3, 0.4) is 0 Å². The van der Waals surface area contributed by atoms with Crippen LogP contribution in [0.2, 0.25) is 0 Å². The number of thiazole rings is 1. The topological polar surface area (TPSA) is 38.1 Å². The third-order valence-corrected chi connectivity index (χ3v) is 4.20. The number of aromatic nitrogens is 1. The Morgan fingerprint density at radius 2 is 2.24 bits per heavy atom. The van der Waals surface area contributed by atoms with E-state index in [1.165, 1.54) is 4.88 Å². The number of furan rings is 1. The zero-order chi connectivity index (χ0) is 12.4. The Morgan fingerprint density at radius 1 is 1.47 bits per heavy atom. The Hall–Kier alpha value is -1.13. The summed E-state index contributed by atoms with van der Waals surface area (Å²) < 4.78 is 5.33. The zero-order valence-corrected chi connectivity index (χ0v) is 11.5. The largest absolute Gasteiger partial charge is 0.469 e. The fraction of sp³-hybridized carbons (Fsp3) is 0.462. The summed E-state index contributed by atoms with van der Waals surface area (Å²) in [5.41, 5.74) is 2.21. The van der Waals surface area contributed by atoms with Crippen LogP contribution < -0.4 is 5.32 Å². The molecule has 2 aromatic rings. The van der Waals surface area contributed by atoms with Crippen LogP contribution in [0.15, 0.2) is 16.7 Å². The monoisotopic (exact) mass is 250 g/mol. The van der Waals surface area contributed by atoms with Crippen molar-refractivity contribution in [3.63, 3.8) is 0 Å². The number of hydrogen-bond acceptors (Lipinski definition) is 4. The van der Waals surface area contributed by atoms with Crippen molar-refractivity contribution in [1.82, 2.24) is 10.3 Å². The van der Waals surface area contributed by atoms with Gasteiger partial charge in [-0.1, -0.05) is 6.92 Å². The molecule has 0 bridgehead atoms. The maximum absolute atomic E-state index is 5.33. The molecule has 1 unspecified atom stereocenters. The minimum atomic E-state index is 0.360. The first-order valence-electron chi connectivity index (χ1n) is 5.88. The molecule has 2 aromatic heterocycles. The first kappa shape index (κ1) is 12.3. The molecule has 0 radical (unpaired) electrons. The maximum atomic E-state index is 5.33. The van der Waals surface area contributed by atoms with E-state index in [0.29, 0.717) is 6.04 Å². The highest BCUT2D eigenvalue weighted by Crippen LogP contribution is 2.33. The van der Waals surface area contributed by atoms with E-state index in [1.54, 1.807) is 17.6 Å². The SMILES string of the molecule is CCNC(C)c1sc(-c2ccoc2C)nc1C. The summed E-state index contributed by atoms with van der Waals surface area (Å²) >= 11 is 1.75. The molecule has 2 rings (SSSR count). The second-order valence-corrected chi connectivity index (χ2v) is 5.17. The van der Waals surface area contributed by atoms with Crippen molar-refractivity contribution in [1.29, 1.82) is 0 Å². The van der Waals surface area contributed by atoms with Gasteiger partial charge in [0.2, 0.25) is 0 Å². The van der Waals surface area contributed by atoms with E-state index >= 15 is 0 Å². The van der Waals surface area contributed by atoms with Crippen LogP contribution in [-0.4, -0.2) is 11.5 Å². The van der Waals surface area contributed by atoms with E-state index in [9.17, 15) is 0 Å². The molecule has 4 heteroatoms. The van der Waals surface area contributed by atoms with Crippen molar-refractivity contribution in [3.8, 4) is 10.6 Å². The molecule has 0 fully saturated rings. The minimum Gasteiger partial charge on any atom is -0.469 e. The van der Waals surface area contributed by atoms with Gasteiger partial charge in [-0.05, 0) is 33.4 Å². The first-order valence-corrected chi connectivity index (χ1v) is 6.70. The quantitative estimate of drug-likeness (QED) is 0.899. The summed E-state index contributed by atoms with van der Waals surface area (Å²) in [6.07, 6.45) is 1.72. The number of hydrogen-bond donors (Lipinski definition) is 1. The van der Waals surface area contributed by atoms with Gasteiger partial charge in [0.05, 0.1) is 17.5 Å². The molecule has 92 valence electrons. The number of aryl methyl sites for hydroxylation is 2. The molecule has 0 aliphatic heterocycles. The molecule has 2 heterocycles. The van der Waals surface area contributed by atoms with Gasteiger partial charge in [0.25, 0.3) is 0 Å².